The number of carbonyl (C=O) groups excluding carboxylic acids is 2. The Morgan fingerprint density at radius 3 is 2.45 bits per heavy atom. The molecule has 7 atom stereocenters. The van der Waals surface area contributed by atoms with Crippen LogP contribution in [0.4, 0.5) is 0 Å². The number of carbonyl (C=O) groups is 4. The van der Waals surface area contributed by atoms with E-state index in [1.54, 1.807) is 0 Å². The fourth-order valence-electron chi connectivity index (χ4n) is 8.17. The first kappa shape index (κ1) is 28.3. The van der Waals surface area contributed by atoms with Crippen molar-refractivity contribution in [2.24, 2.45) is 33.7 Å². The number of Topliss-reactive ketones (excluding diaryl/α,β-unsaturated/α-hetero) is 1. The average molecular weight is 533 g/mol. The van der Waals surface area contributed by atoms with E-state index in [0.29, 0.717) is 30.6 Å². The molecule has 0 aliphatic heterocycles. The number of nitrogens with zero attached hydrogens (tertiary/aromatic N) is 1. The first-order valence-corrected chi connectivity index (χ1v) is 13.7. The van der Waals surface area contributed by atoms with Gasteiger partial charge in [-0.15, -0.1) is 0 Å². The number of amides is 1. The van der Waals surface area contributed by atoms with Crippen molar-refractivity contribution in [1.29, 1.82) is 0 Å². The number of rotatable bonds is 9. The monoisotopic (exact) mass is 532 g/mol. The molecule has 3 saturated carbocycles. The van der Waals surface area contributed by atoms with E-state index in [9.17, 15) is 29.4 Å². The summed E-state index contributed by atoms with van der Waals surface area (Å²) in [6.07, 6.45) is 8.32. The van der Waals surface area contributed by atoms with Crippen LogP contribution in [0, 0.1) is 28.6 Å². The Morgan fingerprint density at radius 2 is 1.79 bits per heavy atom. The predicted octanol–water partition coefficient (Wildman–Crippen LogP) is 3.08. The fraction of sp³-hybridized carbons (Fsp3) is 0.750. The van der Waals surface area contributed by atoms with Crippen molar-refractivity contribution in [2.75, 3.05) is 6.61 Å². The molecule has 210 valence electrons. The highest BCUT2D eigenvalue weighted by molar-refractivity contribution is 5.96. The Labute approximate surface area is 222 Å². The maximum Gasteiger partial charge on any atom is 0.326 e. The Kier molecular flexibility index (Phi) is 7.76. The van der Waals surface area contributed by atoms with Crippen LogP contribution in [0.5, 0.6) is 0 Å². The number of fused-ring (bicyclic) bond motifs is 5. The third-order valence-electron chi connectivity index (χ3n) is 10.4. The Bertz CT molecular complexity index is 1070. The number of nitrogens with one attached hydrogen (secondary N) is 1. The van der Waals surface area contributed by atoms with Crippen LogP contribution in [-0.2, 0) is 24.0 Å². The Balaban J connectivity index is 1.38. The van der Waals surface area contributed by atoms with Gasteiger partial charge in [-0.3, -0.25) is 14.4 Å². The maximum absolute atomic E-state index is 12.4. The Hall–Kier alpha value is -2.75. The lowest BCUT2D eigenvalue weighted by Crippen LogP contribution is -2.57. The van der Waals surface area contributed by atoms with Crippen molar-refractivity contribution in [1.82, 2.24) is 5.32 Å². The fourth-order valence-corrected chi connectivity index (χ4v) is 8.17. The van der Waals surface area contributed by atoms with Crippen molar-refractivity contribution >= 4 is 29.3 Å². The summed E-state index contributed by atoms with van der Waals surface area (Å²) in [6, 6.07) is -1.30. The molecular formula is C28H40N2O8. The molecule has 0 bridgehead atoms. The molecule has 0 aromatic carbocycles. The highest BCUT2D eigenvalue weighted by atomic mass is 16.6. The van der Waals surface area contributed by atoms with E-state index >= 15 is 0 Å². The molecular weight excluding hydrogens is 492 g/mol. The van der Waals surface area contributed by atoms with Crippen LogP contribution < -0.4 is 5.32 Å². The number of hydrogen-bond donors (Lipinski definition) is 4. The molecule has 0 spiro atoms. The van der Waals surface area contributed by atoms with Crippen molar-refractivity contribution in [2.45, 2.75) is 96.6 Å². The molecule has 0 aromatic rings. The SMILES string of the molecule is CC(=O)[C@@]1(O)CC[C@H]2[C@@H]3CCC4=C/C(=N/OCC(=O)N[C@@H](CCC(=O)O)C(=O)O)CC[C@]4(C)[C@H]3CC[C@@]21C. The van der Waals surface area contributed by atoms with Gasteiger partial charge in [-0.1, -0.05) is 24.6 Å². The summed E-state index contributed by atoms with van der Waals surface area (Å²) < 4.78 is 0. The van der Waals surface area contributed by atoms with Gasteiger partial charge in [0, 0.05) is 11.8 Å². The number of oxime groups is 1. The molecule has 4 aliphatic carbocycles. The van der Waals surface area contributed by atoms with Gasteiger partial charge in [0.1, 0.15) is 11.6 Å². The lowest BCUT2D eigenvalue weighted by molar-refractivity contribution is -0.159. The molecule has 0 radical (unpaired) electrons. The number of aliphatic carboxylic acids is 2. The number of allylic oxidation sites excluding steroid dienone is 2. The van der Waals surface area contributed by atoms with Gasteiger partial charge in [0.25, 0.3) is 5.91 Å². The molecule has 10 heteroatoms. The van der Waals surface area contributed by atoms with Crippen molar-refractivity contribution in [3.8, 4) is 0 Å². The number of ketones is 1. The van der Waals surface area contributed by atoms with E-state index < -0.39 is 36.1 Å². The summed E-state index contributed by atoms with van der Waals surface area (Å²) in [4.78, 5) is 51.7. The average Bonchev–Trinajstić information content (AvgIpc) is 3.13. The topological polar surface area (TPSA) is 163 Å². The normalized spacial score (nSPS) is 37.7. The third-order valence-corrected chi connectivity index (χ3v) is 10.4. The summed E-state index contributed by atoms with van der Waals surface area (Å²) in [6.45, 7) is 5.53. The van der Waals surface area contributed by atoms with Gasteiger partial charge in [0.15, 0.2) is 12.4 Å². The molecule has 10 nitrogen and oxygen atoms in total. The van der Waals surface area contributed by atoms with Crippen molar-refractivity contribution < 1.29 is 39.3 Å². The maximum atomic E-state index is 12.4. The minimum absolute atomic E-state index is 0.0242. The molecule has 0 unspecified atom stereocenters. The summed E-state index contributed by atoms with van der Waals surface area (Å²) in [7, 11) is 0. The van der Waals surface area contributed by atoms with Crippen LogP contribution in [0.2, 0.25) is 0 Å². The molecule has 4 rings (SSSR count). The van der Waals surface area contributed by atoms with Gasteiger partial charge < -0.3 is 25.5 Å². The molecule has 0 heterocycles. The first-order valence-electron chi connectivity index (χ1n) is 13.7. The lowest BCUT2D eigenvalue weighted by Gasteiger charge is -2.59. The van der Waals surface area contributed by atoms with E-state index in [1.165, 1.54) is 12.5 Å². The van der Waals surface area contributed by atoms with Crippen LogP contribution in [0.3, 0.4) is 0 Å². The predicted molar refractivity (Wildman–Crippen MR) is 137 cm³/mol. The first-order chi connectivity index (χ1) is 17.8. The minimum Gasteiger partial charge on any atom is -0.481 e. The highest BCUT2D eigenvalue weighted by Crippen LogP contribution is 2.67. The summed E-state index contributed by atoms with van der Waals surface area (Å²) in [5.41, 5.74) is 0.532. The molecule has 0 aromatic heterocycles. The zero-order valence-electron chi connectivity index (χ0n) is 22.5. The zero-order valence-corrected chi connectivity index (χ0v) is 22.5. The number of aliphatic hydroxyl groups is 1. The van der Waals surface area contributed by atoms with Gasteiger partial charge in [0.05, 0.1) is 5.71 Å². The van der Waals surface area contributed by atoms with E-state index in [1.807, 2.05) is 0 Å². The summed E-state index contributed by atoms with van der Waals surface area (Å²) >= 11 is 0. The van der Waals surface area contributed by atoms with Crippen LogP contribution in [-0.4, -0.2) is 62.9 Å². The van der Waals surface area contributed by atoms with Crippen molar-refractivity contribution in [3.05, 3.63) is 11.6 Å². The minimum atomic E-state index is -1.30. The Morgan fingerprint density at radius 1 is 1.08 bits per heavy atom. The second-order valence-corrected chi connectivity index (χ2v) is 12.2. The second-order valence-electron chi connectivity index (χ2n) is 12.2. The van der Waals surface area contributed by atoms with Crippen LogP contribution >= 0.6 is 0 Å². The summed E-state index contributed by atoms with van der Waals surface area (Å²) in [5.74, 6) is -1.90. The quantitative estimate of drug-likeness (QED) is 0.329. The van der Waals surface area contributed by atoms with Gasteiger partial charge in [-0.05, 0) is 94.0 Å². The third kappa shape index (κ3) is 4.87. The molecule has 4 aliphatic rings. The second kappa shape index (κ2) is 10.4. The zero-order chi connectivity index (χ0) is 27.9. The van der Waals surface area contributed by atoms with Gasteiger partial charge in [0.2, 0.25) is 0 Å². The van der Waals surface area contributed by atoms with Crippen molar-refractivity contribution in [3.63, 3.8) is 0 Å². The smallest absolute Gasteiger partial charge is 0.326 e. The molecule has 38 heavy (non-hydrogen) atoms. The van der Waals surface area contributed by atoms with Gasteiger partial charge in [-0.25, -0.2) is 4.79 Å². The standard InChI is InChI=1S/C28H40N2O8/c1-16(31)28(37)13-10-21-19-5-4-17-14-18(8-11-26(17,2)20(19)9-12-27(21,28)3)30-38-15-23(32)29-22(25(35)36)6-7-24(33)34/h14,19-22,37H,4-13,15H2,1-3H3,(H,29,32)(H,33,34)(H,35,36)/b30-18+/t19-,20+,21+,22+,26+,27+,28+/m1/s1. The number of carboxylic acids is 2. The number of carboxylic acid groups (broad SMARTS) is 2. The molecule has 0 saturated heterocycles. The number of hydrogen-bond acceptors (Lipinski definition) is 7. The van der Waals surface area contributed by atoms with E-state index in [-0.39, 0.29) is 29.5 Å². The van der Waals surface area contributed by atoms with Crippen LogP contribution in [0.1, 0.15) is 85.0 Å². The van der Waals surface area contributed by atoms with Gasteiger partial charge in [-0.2, -0.15) is 0 Å². The molecule has 4 N–H and O–H groups in total. The lowest BCUT2D eigenvalue weighted by atomic mass is 9.46. The van der Waals surface area contributed by atoms with E-state index in [2.05, 4.69) is 30.4 Å². The highest BCUT2D eigenvalue weighted by Gasteiger charge is 2.65. The van der Waals surface area contributed by atoms with E-state index in [0.717, 1.165) is 44.2 Å². The van der Waals surface area contributed by atoms with Crippen LogP contribution in [0.25, 0.3) is 0 Å². The molecule has 1 amide bonds. The van der Waals surface area contributed by atoms with Crippen LogP contribution in [0.15, 0.2) is 16.8 Å². The van der Waals surface area contributed by atoms with E-state index in [4.69, 9.17) is 9.94 Å². The largest absolute Gasteiger partial charge is 0.481 e. The molecule has 3 fully saturated rings. The van der Waals surface area contributed by atoms with Gasteiger partial charge >= 0.3 is 11.9 Å². The summed E-state index contributed by atoms with van der Waals surface area (Å²) in [5, 5.41) is 35.7.